The van der Waals surface area contributed by atoms with E-state index in [0.29, 0.717) is 17.2 Å². The van der Waals surface area contributed by atoms with Crippen molar-refractivity contribution < 1.29 is 28.6 Å². The Labute approximate surface area is 139 Å². The van der Waals surface area contributed by atoms with E-state index in [0.717, 1.165) is 0 Å². The highest BCUT2D eigenvalue weighted by molar-refractivity contribution is 5.95. The molecule has 4 N–H and O–H groups in total. The Balaban J connectivity index is 2.54. The number of hydrogen-bond acceptors (Lipinski definition) is 6. The van der Waals surface area contributed by atoms with E-state index in [1.807, 2.05) is 0 Å². The summed E-state index contributed by atoms with van der Waals surface area (Å²) in [7, 11) is 2.98. The average Bonchev–Trinajstić information content (AvgIpc) is 2.54. The summed E-state index contributed by atoms with van der Waals surface area (Å²) in [4.78, 5) is 34.1. The Kier molecular flexibility index (Phi) is 7.34. The molecule has 0 aromatic heterocycles. The lowest BCUT2D eigenvalue weighted by atomic mass is 10.2. The lowest BCUT2D eigenvalue weighted by Gasteiger charge is -2.15. The van der Waals surface area contributed by atoms with Gasteiger partial charge in [0, 0.05) is 18.3 Å². The smallest absolute Gasteiger partial charge is 0.312 e. The van der Waals surface area contributed by atoms with E-state index < -0.39 is 24.0 Å². The van der Waals surface area contributed by atoms with Crippen molar-refractivity contribution >= 4 is 23.6 Å². The van der Waals surface area contributed by atoms with E-state index in [2.05, 4.69) is 10.6 Å². The molecule has 0 saturated heterocycles. The number of primary amides is 1. The summed E-state index contributed by atoms with van der Waals surface area (Å²) >= 11 is 0. The van der Waals surface area contributed by atoms with E-state index in [4.69, 9.17) is 19.9 Å². The van der Waals surface area contributed by atoms with Gasteiger partial charge in [-0.3, -0.25) is 9.59 Å². The van der Waals surface area contributed by atoms with Gasteiger partial charge in [0.15, 0.2) is 17.6 Å². The molecule has 9 heteroatoms. The number of nitrogens with two attached hydrogens (primary N) is 1. The van der Waals surface area contributed by atoms with Crippen LogP contribution >= 0.6 is 0 Å². The molecular weight excluding hydrogens is 318 g/mol. The Bertz CT molecular complexity index is 605. The van der Waals surface area contributed by atoms with Gasteiger partial charge in [-0.25, -0.2) is 4.79 Å². The summed E-state index contributed by atoms with van der Waals surface area (Å²) < 4.78 is 15.2. The van der Waals surface area contributed by atoms with Crippen molar-refractivity contribution in [3.05, 3.63) is 18.2 Å². The van der Waals surface area contributed by atoms with Crippen LogP contribution in [0.3, 0.4) is 0 Å². The van der Waals surface area contributed by atoms with Crippen molar-refractivity contribution in [3.63, 3.8) is 0 Å². The number of esters is 1. The van der Waals surface area contributed by atoms with Crippen LogP contribution in [-0.4, -0.2) is 44.8 Å². The normalized spacial score (nSPS) is 11.1. The van der Waals surface area contributed by atoms with Gasteiger partial charge >= 0.3 is 12.0 Å². The fourth-order valence-corrected chi connectivity index (χ4v) is 1.76. The molecule has 3 amide bonds. The number of amides is 3. The molecule has 0 bridgehead atoms. The van der Waals surface area contributed by atoms with Crippen LogP contribution in [0.5, 0.6) is 11.5 Å². The van der Waals surface area contributed by atoms with Gasteiger partial charge in [-0.1, -0.05) is 0 Å². The quantitative estimate of drug-likeness (QED) is 0.596. The predicted octanol–water partition coefficient (Wildman–Crippen LogP) is 0.632. The van der Waals surface area contributed by atoms with Crippen molar-refractivity contribution in [2.75, 3.05) is 26.1 Å². The maximum absolute atomic E-state index is 12.0. The van der Waals surface area contributed by atoms with Crippen LogP contribution in [0.15, 0.2) is 18.2 Å². The first-order valence-electron chi connectivity index (χ1n) is 7.13. The first-order valence-corrected chi connectivity index (χ1v) is 7.13. The number of nitrogens with one attached hydrogen (secondary N) is 2. The van der Waals surface area contributed by atoms with Gasteiger partial charge in [0.2, 0.25) is 0 Å². The van der Waals surface area contributed by atoms with Crippen LogP contribution in [-0.2, 0) is 14.3 Å². The number of rotatable bonds is 8. The number of carbonyl (C=O) groups is 3. The van der Waals surface area contributed by atoms with Gasteiger partial charge in [0.05, 0.1) is 20.6 Å². The van der Waals surface area contributed by atoms with E-state index in [-0.39, 0.29) is 13.0 Å². The van der Waals surface area contributed by atoms with Crippen LogP contribution in [0.4, 0.5) is 10.5 Å². The molecule has 0 heterocycles. The van der Waals surface area contributed by atoms with Gasteiger partial charge in [-0.2, -0.15) is 0 Å². The summed E-state index contributed by atoms with van der Waals surface area (Å²) in [5.74, 6) is -0.147. The highest BCUT2D eigenvalue weighted by atomic mass is 16.5. The third-order valence-electron chi connectivity index (χ3n) is 2.96. The molecular formula is C15H21N3O6. The van der Waals surface area contributed by atoms with Crippen molar-refractivity contribution in [3.8, 4) is 11.5 Å². The predicted molar refractivity (Wildman–Crippen MR) is 85.9 cm³/mol. The Morgan fingerprint density at radius 1 is 1.17 bits per heavy atom. The topological polar surface area (TPSA) is 129 Å². The lowest BCUT2D eigenvalue weighted by molar-refractivity contribution is -0.153. The molecule has 1 aromatic rings. The number of hydrogen-bond donors (Lipinski definition) is 3. The van der Waals surface area contributed by atoms with Crippen LogP contribution in [0.2, 0.25) is 0 Å². The molecule has 0 aliphatic carbocycles. The minimum absolute atomic E-state index is 0.0399. The Hall–Kier alpha value is -2.97. The molecule has 0 unspecified atom stereocenters. The van der Waals surface area contributed by atoms with Crippen molar-refractivity contribution in [1.29, 1.82) is 0 Å². The number of methoxy groups -OCH3 is 2. The maximum Gasteiger partial charge on any atom is 0.312 e. The summed E-state index contributed by atoms with van der Waals surface area (Å²) in [5, 5.41) is 4.86. The maximum atomic E-state index is 12.0. The summed E-state index contributed by atoms with van der Waals surface area (Å²) in [5.41, 5.74) is 5.34. The molecule has 0 aliphatic heterocycles. The Morgan fingerprint density at radius 3 is 2.42 bits per heavy atom. The summed E-state index contributed by atoms with van der Waals surface area (Å²) in [6.45, 7) is 1.48. The third-order valence-corrected chi connectivity index (χ3v) is 2.96. The number of carbonyl (C=O) groups excluding carboxylic acids is 3. The monoisotopic (exact) mass is 339 g/mol. The molecule has 0 saturated carbocycles. The van der Waals surface area contributed by atoms with Crippen molar-refractivity contribution in [2.24, 2.45) is 5.73 Å². The van der Waals surface area contributed by atoms with Crippen LogP contribution in [0, 0.1) is 0 Å². The first-order chi connectivity index (χ1) is 11.4. The van der Waals surface area contributed by atoms with Gasteiger partial charge < -0.3 is 30.6 Å². The highest BCUT2D eigenvalue weighted by Gasteiger charge is 2.18. The SMILES string of the molecule is COc1ccc(NC(=O)[C@H](C)OC(=O)CCNC(N)=O)cc1OC. The van der Waals surface area contributed by atoms with E-state index in [1.165, 1.54) is 21.1 Å². The van der Waals surface area contributed by atoms with Crippen LogP contribution in [0.1, 0.15) is 13.3 Å². The summed E-state index contributed by atoms with van der Waals surface area (Å²) in [6.07, 6.45) is -1.09. The fourth-order valence-electron chi connectivity index (χ4n) is 1.76. The zero-order valence-corrected chi connectivity index (χ0v) is 13.8. The largest absolute Gasteiger partial charge is 0.493 e. The van der Waals surface area contributed by atoms with E-state index in [9.17, 15) is 14.4 Å². The fraction of sp³-hybridized carbons (Fsp3) is 0.400. The molecule has 1 aromatic carbocycles. The minimum atomic E-state index is -1.00. The second kappa shape index (κ2) is 9.23. The molecule has 1 rings (SSSR count). The lowest BCUT2D eigenvalue weighted by Crippen LogP contribution is -2.33. The third kappa shape index (κ3) is 6.03. The van der Waals surface area contributed by atoms with E-state index >= 15 is 0 Å². The second-order valence-corrected chi connectivity index (χ2v) is 4.73. The number of anilines is 1. The molecule has 0 aliphatic rings. The molecule has 0 spiro atoms. The molecule has 0 fully saturated rings. The van der Waals surface area contributed by atoms with Gasteiger partial charge in [-0.05, 0) is 19.1 Å². The van der Waals surface area contributed by atoms with Gasteiger partial charge in [0.1, 0.15) is 0 Å². The van der Waals surface area contributed by atoms with Crippen LogP contribution < -0.4 is 25.8 Å². The standard InChI is InChI=1S/C15H21N3O6/c1-9(24-13(19)6-7-17-15(16)21)14(20)18-10-4-5-11(22-2)12(8-10)23-3/h4-5,8-9H,6-7H2,1-3H3,(H,18,20)(H3,16,17,21)/t9-/m0/s1. The summed E-state index contributed by atoms with van der Waals surface area (Å²) in [6, 6.07) is 4.12. The highest BCUT2D eigenvalue weighted by Crippen LogP contribution is 2.29. The Morgan fingerprint density at radius 2 is 1.83 bits per heavy atom. The molecule has 132 valence electrons. The van der Waals surface area contributed by atoms with Crippen molar-refractivity contribution in [1.82, 2.24) is 5.32 Å². The number of urea groups is 1. The zero-order valence-electron chi connectivity index (χ0n) is 13.8. The first kappa shape index (κ1) is 19.1. The van der Waals surface area contributed by atoms with Crippen molar-refractivity contribution in [2.45, 2.75) is 19.4 Å². The van der Waals surface area contributed by atoms with Gasteiger partial charge in [0.25, 0.3) is 5.91 Å². The molecule has 1 atom stereocenters. The molecule has 0 radical (unpaired) electrons. The number of benzene rings is 1. The average molecular weight is 339 g/mol. The van der Waals surface area contributed by atoms with E-state index in [1.54, 1.807) is 18.2 Å². The zero-order chi connectivity index (χ0) is 18.1. The minimum Gasteiger partial charge on any atom is -0.493 e. The number of ether oxygens (including phenoxy) is 3. The second-order valence-electron chi connectivity index (χ2n) is 4.73. The van der Waals surface area contributed by atoms with Crippen LogP contribution in [0.25, 0.3) is 0 Å². The molecule has 9 nitrogen and oxygen atoms in total. The molecule has 24 heavy (non-hydrogen) atoms. The van der Waals surface area contributed by atoms with Gasteiger partial charge in [-0.15, -0.1) is 0 Å².